The lowest BCUT2D eigenvalue weighted by Gasteiger charge is -2.20. The average Bonchev–Trinajstić information content (AvgIpc) is 2.37. The number of nitrogens with one attached hydrogen (secondary N) is 1. The standard InChI is InChI=1S/C14H20N4O2/c1-14(2,3)11-6-4-10(5-7-11)12(13(19)20)16-8-9-17-18-15/h4-7,12,16H,8-9H2,1-3H3,(H,19,20). The van der Waals surface area contributed by atoms with Gasteiger partial charge in [-0.25, -0.2) is 0 Å². The van der Waals surface area contributed by atoms with E-state index in [1.807, 2.05) is 24.3 Å². The van der Waals surface area contributed by atoms with Gasteiger partial charge >= 0.3 is 5.97 Å². The first-order valence-electron chi connectivity index (χ1n) is 6.43. The maximum atomic E-state index is 11.3. The molecule has 0 aliphatic heterocycles. The number of rotatable bonds is 6. The summed E-state index contributed by atoms with van der Waals surface area (Å²) < 4.78 is 0. The zero-order chi connectivity index (χ0) is 15.2. The lowest BCUT2D eigenvalue weighted by molar-refractivity contribution is -0.139. The van der Waals surface area contributed by atoms with Crippen LogP contribution in [0.5, 0.6) is 0 Å². The third-order valence-corrected chi connectivity index (χ3v) is 2.98. The molecular weight excluding hydrogens is 256 g/mol. The number of azide groups is 1. The minimum absolute atomic E-state index is 0.0339. The van der Waals surface area contributed by atoms with Gasteiger partial charge in [0.2, 0.25) is 0 Å². The third kappa shape index (κ3) is 4.57. The van der Waals surface area contributed by atoms with Crippen molar-refractivity contribution >= 4 is 5.97 Å². The van der Waals surface area contributed by atoms with Crippen molar-refractivity contribution in [2.24, 2.45) is 5.11 Å². The molecule has 0 bridgehead atoms. The van der Waals surface area contributed by atoms with Gasteiger partial charge in [0, 0.05) is 18.0 Å². The van der Waals surface area contributed by atoms with Crippen LogP contribution in [0.25, 0.3) is 10.4 Å². The molecule has 0 fully saturated rings. The fourth-order valence-corrected chi connectivity index (χ4v) is 1.83. The van der Waals surface area contributed by atoms with Gasteiger partial charge in [0.15, 0.2) is 0 Å². The Morgan fingerprint density at radius 1 is 1.40 bits per heavy atom. The van der Waals surface area contributed by atoms with Gasteiger partial charge in [0.25, 0.3) is 0 Å². The molecule has 0 heterocycles. The van der Waals surface area contributed by atoms with Crippen LogP contribution in [0.1, 0.15) is 37.9 Å². The maximum Gasteiger partial charge on any atom is 0.325 e. The third-order valence-electron chi connectivity index (χ3n) is 2.98. The Kier molecular flexibility index (Phi) is 5.55. The van der Waals surface area contributed by atoms with Crippen LogP contribution in [0.3, 0.4) is 0 Å². The molecule has 0 aliphatic carbocycles. The number of carboxylic acid groups (broad SMARTS) is 1. The lowest BCUT2D eigenvalue weighted by atomic mass is 9.86. The van der Waals surface area contributed by atoms with Gasteiger partial charge in [-0.2, -0.15) is 0 Å². The van der Waals surface area contributed by atoms with Crippen molar-refractivity contribution in [2.45, 2.75) is 32.2 Å². The number of aliphatic carboxylic acids is 1. The molecule has 1 aromatic rings. The van der Waals surface area contributed by atoms with Gasteiger partial charge in [0.1, 0.15) is 6.04 Å². The number of nitrogens with zero attached hydrogens (tertiary/aromatic N) is 3. The molecule has 0 saturated heterocycles. The normalized spacial score (nSPS) is 12.6. The highest BCUT2D eigenvalue weighted by Crippen LogP contribution is 2.24. The van der Waals surface area contributed by atoms with Gasteiger partial charge in [-0.05, 0) is 22.1 Å². The summed E-state index contributed by atoms with van der Waals surface area (Å²) in [5.74, 6) is -0.950. The molecule has 6 heteroatoms. The minimum Gasteiger partial charge on any atom is -0.480 e. The van der Waals surface area contributed by atoms with Gasteiger partial charge < -0.3 is 10.4 Å². The fourth-order valence-electron chi connectivity index (χ4n) is 1.83. The predicted octanol–water partition coefficient (Wildman–Crippen LogP) is 3.01. The summed E-state index contributed by atoms with van der Waals surface area (Å²) in [5, 5.41) is 15.5. The van der Waals surface area contributed by atoms with E-state index < -0.39 is 12.0 Å². The van der Waals surface area contributed by atoms with Crippen LogP contribution in [0, 0.1) is 0 Å². The van der Waals surface area contributed by atoms with Crippen LogP contribution in [0.4, 0.5) is 0 Å². The largest absolute Gasteiger partial charge is 0.480 e. The summed E-state index contributed by atoms with van der Waals surface area (Å²) >= 11 is 0. The van der Waals surface area contributed by atoms with Crippen molar-refractivity contribution in [3.63, 3.8) is 0 Å². The highest BCUT2D eigenvalue weighted by Gasteiger charge is 2.20. The summed E-state index contributed by atoms with van der Waals surface area (Å²) in [7, 11) is 0. The Morgan fingerprint density at radius 3 is 2.45 bits per heavy atom. The summed E-state index contributed by atoms with van der Waals surface area (Å²) in [5.41, 5.74) is 10.1. The molecule has 6 nitrogen and oxygen atoms in total. The molecule has 1 rings (SSSR count). The predicted molar refractivity (Wildman–Crippen MR) is 77.5 cm³/mol. The summed E-state index contributed by atoms with van der Waals surface area (Å²) in [6.07, 6.45) is 0. The topological polar surface area (TPSA) is 98.1 Å². The van der Waals surface area contributed by atoms with E-state index >= 15 is 0 Å². The highest BCUT2D eigenvalue weighted by atomic mass is 16.4. The second-order valence-corrected chi connectivity index (χ2v) is 5.55. The van der Waals surface area contributed by atoms with Crippen molar-refractivity contribution < 1.29 is 9.90 Å². The maximum absolute atomic E-state index is 11.3. The Morgan fingerprint density at radius 2 is 2.00 bits per heavy atom. The zero-order valence-corrected chi connectivity index (χ0v) is 12.0. The molecule has 1 aromatic carbocycles. The van der Waals surface area contributed by atoms with E-state index in [9.17, 15) is 9.90 Å². The molecule has 20 heavy (non-hydrogen) atoms. The van der Waals surface area contributed by atoms with Crippen molar-refractivity contribution in [3.8, 4) is 0 Å². The smallest absolute Gasteiger partial charge is 0.325 e. The first-order valence-corrected chi connectivity index (χ1v) is 6.43. The van der Waals surface area contributed by atoms with E-state index in [-0.39, 0.29) is 12.0 Å². The summed E-state index contributed by atoms with van der Waals surface area (Å²) in [6, 6.07) is 6.73. The van der Waals surface area contributed by atoms with Crippen LogP contribution in [0.15, 0.2) is 29.4 Å². The van der Waals surface area contributed by atoms with Gasteiger partial charge in [-0.15, -0.1) is 0 Å². The summed E-state index contributed by atoms with van der Waals surface area (Å²) in [6.45, 7) is 6.86. The molecule has 0 amide bonds. The van der Waals surface area contributed by atoms with E-state index in [1.165, 1.54) is 0 Å². The van der Waals surface area contributed by atoms with Crippen LogP contribution >= 0.6 is 0 Å². The number of hydrogen-bond donors (Lipinski definition) is 2. The summed E-state index contributed by atoms with van der Waals surface area (Å²) in [4.78, 5) is 13.9. The van der Waals surface area contributed by atoms with Gasteiger partial charge in [-0.1, -0.05) is 50.2 Å². The van der Waals surface area contributed by atoms with E-state index in [0.29, 0.717) is 12.1 Å². The molecule has 1 unspecified atom stereocenters. The quantitative estimate of drug-likeness (QED) is 0.361. The monoisotopic (exact) mass is 276 g/mol. The van der Waals surface area contributed by atoms with Gasteiger partial charge in [0.05, 0.1) is 0 Å². The van der Waals surface area contributed by atoms with E-state index in [1.54, 1.807) is 0 Å². The molecule has 108 valence electrons. The Balaban J connectivity index is 2.82. The Bertz CT molecular complexity index is 499. The van der Waals surface area contributed by atoms with Crippen molar-refractivity contribution in [1.82, 2.24) is 5.32 Å². The van der Waals surface area contributed by atoms with Crippen molar-refractivity contribution in [1.29, 1.82) is 0 Å². The van der Waals surface area contributed by atoms with Crippen LogP contribution < -0.4 is 5.32 Å². The SMILES string of the molecule is CC(C)(C)c1ccc(C(NCCN=[N+]=[N-])C(=O)O)cc1. The Hall–Kier alpha value is -2.04. The zero-order valence-electron chi connectivity index (χ0n) is 12.0. The molecule has 0 radical (unpaired) electrons. The van der Waals surface area contributed by atoms with Gasteiger partial charge in [-0.3, -0.25) is 4.79 Å². The average molecular weight is 276 g/mol. The van der Waals surface area contributed by atoms with E-state index in [2.05, 4.69) is 36.1 Å². The van der Waals surface area contributed by atoms with E-state index in [0.717, 1.165) is 5.56 Å². The molecular formula is C14H20N4O2. The Labute approximate surface area is 118 Å². The number of hydrogen-bond acceptors (Lipinski definition) is 3. The second-order valence-electron chi connectivity index (χ2n) is 5.55. The number of benzene rings is 1. The molecule has 0 spiro atoms. The fraction of sp³-hybridized carbons (Fsp3) is 0.500. The molecule has 0 aromatic heterocycles. The second kappa shape index (κ2) is 6.93. The molecule has 1 atom stereocenters. The molecule has 0 saturated carbocycles. The highest BCUT2D eigenvalue weighted by molar-refractivity contribution is 5.75. The van der Waals surface area contributed by atoms with Crippen molar-refractivity contribution in [3.05, 3.63) is 45.8 Å². The van der Waals surface area contributed by atoms with Crippen LogP contribution in [0.2, 0.25) is 0 Å². The first-order chi connectivity index (χ1) is 9.36. The van der Waals surface area contributed by atoms with Crippen LogP contribution in [-0.4, -0.2) is 24.2 Å². The molecule has 2 N–H and O–H groups in total. The minimum atomic E-state index is -0.950. The number of carbonyl (C=O) groups is 1. The lowest BCUT2D eigenvalue weighted by Crippen LogP contribution is -2.30. The van der Waals surface area contributed by atoms with Crippen molar-refractivity contribution in [2.75, 3.05) is 13.1 Å². The van der Waals surface area contributed by atoms with Crippen LogP contribution in [-0.2, 0) is 10.2 Å². The molecule has 0 aliphatic rings. The first kappa shape index (κ1) is 16.0. The van der Waals surface area contributed by atoms with E-state index in [4.69, 9.17) is 5.53 Å². The number of carboxylic acids is 1.